The zero-order valence-electron chi connectivity index (χ0n) is 11.9. The Morgan fingerprint density at radius 3 is 2.57 bits per heavy atom. The fourth-order valence-electron chi connectivity index (χ4n) is 1.88. The second-order valence-corrected chi connectivity index (χ2v) is 7.66. The van der Waals surface area contributed by atoms with Gasteiger partial charge >= 0.3 is 0 Å². The van der Waals surface area contributed by atoms with Crippen molar-refractivity contribution in [2.24, 2.45) is 5.92 Å². The van der Waals surface area contributed by atoms with Crippen molar-refractivity contribution in [3.05, 3.63) is 46.3 Å². The Kier molecular flexibility index (Phi) is 5.10. The summed E-state index contributed by atoms with van der Waals surface area (Å²) in [6.07, 6.45) is 1.37. The fraction of sp³-hybridized carbons (Fsp3) is 0.357. The van der Waals surface area contributed by atoms with Gasteiger partial charge in [-0.2, -0.15) is 0 Å². The number of pyridine rings is 1. The molecule has 0 saturated heterocycles. The van der Waals surface area contributed by atoms with E-state index in [-0.39, 0.29) is 23.6 Å². The fourth-order valence-corrected chi connectivity index (χ4v) is 4.20. The third-order valence-electron chi connectivity index (χ3n) is 3.05. The van der Waals surface area contributed by atoms with Crippen LogP contribution in [0.1, 0.15) is 30.3 Å². The van der Waals surface area contributed by atoms with E-state index < -0.39 is 10.0 Å². The number of hydrogen-bond acceptors (Lipinski definition) is 5. The molecule has 2 aromatic heterocycles. The summed E-state index contributed by atoms with van der Waals surface area (Å²) in [7, 11) is -3.69. The van der Waals surface area contributed by atoms with E-state index >= 15 is 0 Å². The molecule has 0 fully saturated rings. The minimum atomic E-state index is -3.69. The number of nitrogens with one attached hydrogen (secondary N) is 1. The lowest BCUT2D eigenvalue weighted by Gasteiger charge is -2.20. The molecule has 0 aliphatic heterocycles. The lowest BCUT2D eigenvalue weighted by molar-refractivity contribution is 0.281. The number of aliphatic hydroxyl groups is 1. The first-order valence-electron chi connectivity index (χ1n) is 6.55. The van der Waals surface area contributed by atoms with E-state index in [1.54, 1.807) is 6.07 Å². The minimum absolute atomic E-state index is 0.0399. The molecule has 0 amide bonds. The zero-order valence-corrected chi connectivity index (χ0v) is 13.5. The van der Waals surface area contributed by atoms with Gasteiger partial charge in [-0.3, -0.25) is 0 Å². The van der Waals surface area contributed by atoms with Crippen LogP contribution in [0.4, 0.5) is 0 Å². The molecule has 0 aliphatic rings. The topological polar surface area (TPSA) is 79.3 Å². The molecule has 21 heavy (non-hydrogen) atoms. The average molecular weight is 326 g/mol. The third-order valence-corrected chi connectivity index (χ3v) is 5.37. The lowest BCUT2D eigenvalue weighted by Crippen LogP contribution is -2.31. The molecule has 2 heterocycles. The second-order valence-electron chi connectivity index (χ2n) is 5.02. The number of aromatic nitrogens is 1. The molecule has 114 valence electrons. The molecule has 7 heteroatoms. The standard InChI is InChI=1S/C14H18N2O3S2/c1-10(2)14(12-4-3-7-20-12)16-21(18,19)13-6-5-11(9-17)8-15-13/h3-8,10,14,16-17H,9H2,1-2H3. The zero-order chi connectivity index (χ0) is 15.5. The van der Waals surface area contributed by atoms with Crippen molar-refractivity contribution in [2.75, 3.05) is 0 Å². The van der Waals surface area contributed by atoms with E-state index in [1.165, 1.54) is 23.6 Å². The van der Waals surface area contributed by atoms with Gasteiger partial charge in [-0.25, -0.2) is 18.1 Å². The van der Waals surface area contributed by atoms with E-state index in [4.69, 9.17) is 5.11 Å². The van der Waals surface area contributed by atoms with E-state index in [1.807, 2.05) is 31.4 Å². The van der Waals surface area contributed by atoms with Crippen LogP contribution in [0.15, 0.2) is 40.9 Å². The smallest absolute Gasteiger partial charge is 0.258 e. The highest BCUT2D eigenvalue weighted by Gasteiger charge is 2.25. The normalized spacial score (nSPS) is 13.5. The van der Waals surface area contributed by atoms with Gasteiger partial charge in [0.25, 0.3) is 10.0 Å². The molecule has 0 aromatic carbocycles. The second kappa shape index (κ2) is 6.65. The molecule has 2 N–H and O–H groups in total. The number of thiophene rings is 1. The van der Waals surface area contributed by atoms with E-state index in [0.717, 1.165) is 4.88 Å². The third kappa shape index (κ3) is 3.88. The Balaban J connectivity index is 2.26. The predicted octanol–water partition coefficient (Wildman–Crippen LogP) is 2.31. The molecule has 0 radical (unpaired) electrons. The quantitative estimate of drug-likeness (QED) is 0.854. The maximum atomic E-state index is 12.4. The summed E-state index contributed by atoms with van der Waals surface area (Å²) < 4.78 is 27.5. The van der Waals surface area contributed by atoms with Crippen molar-refractivity contribution in [2.45, 2.75) is 31.5 Å². The Hall–Kier alpha value is -1.28. The van der Waals surface area contributed by atoms with Gasteiger partial charge in [-0.05, 0) is 29.0 Å². The number of sulfonamides is 1. The van der Waals surface area contributed by atoms with E-state index in [2.05, 4.69) is 9.71 Å². The van der Waals surface area contributed by atoms with Gasteiger partial charge in [0.2, 0.25) is 0 Å². The molecular formula is C14H18N2O3S2. The van der Waals surface area contributed by atoms with Crippen molar-refractivity contribution in [1.29, 1.82) is 0 Å². The van der Waals surface area contributed by atoms with Crippen LogP contribution in [0.25, 0.3) is 0 Å². The van der Waals surface area contributed by atoms with Crippen LogP contribution in [0.5, 0.6) is 0 Å². The Bertz CT molecular complexity index is 665. The van der Waals surface area contributed by atoms with Crippen molar-refractivity contribution >= 4 is 21.4 Å². The predicted molar refractivity (Wildman–Crippen MR) is 82.4 cm³/mol. The number of rotatable bonds is 6. The highest BCUT2D eigenvalue weighted by molar-refractivity contribution is 7.89. The summed E-state index contributed by atoms with van der Waals surface area (Å²) in [6, 6.07) is 6.49. The molecule has 5 nitrogen and oxygen atoms in total. The maximum absolute atomic E-state index is 12.4. The summed E-state index contributed by atoms with van der Waals surface area (Å²) in [6.45, 7) is 3.77. The van der Waals surface area contributed by atoms with Crippen LogP contribution in [-0.2, 0) is 16.6 Å². The first-order chi connectivity index (χ1) is 9.94. The molecule has 0 aliphatic carbocycles. The maximum Gasteiger partial charge on any atom is 0.258 e. The molecule has 0 spiro atoms. The van der Waals surface area contributed by atoms with Crippen LogP contribution < -0.4 is 4.72 Å². The summed E-state index contributed by atoms with van der Waals surface area (Å²) in [4.78, 5) is 4.88. The Morgan fingerprint density at radius 2 is 2.10 bits per heavy atom. The van der Waals surface area contributed by atoms with Gasteiger partial charge in [0, 0.05) is 11.1 Å². The summed E-state index contributed by atoms with van der Waals surface area (Å²) >= 11 is 1.52. The summed E-state index contributed by atoms with van der Waals surface area (Å²) in [5, 5.41) is 10.9. The molecule has 0 saturated carbocycles. The van der Waals surface area contributed by atoms with Gasteiger partial charge in [0.05, 0.1) is 12.6 Å². The van der Waals surface area contributed by atoms with Crippen molar-refractivity contribution in [3.63, 3.8) is 0 Å². The van der Waals surface area contributed by atoms with Crippen LogP contribution in [0.3, 0.4) is 0 Å². The molecule has 2 rings (SSSR count). The van der Waals surface area contributed by atoms with Crippen molar-refractivity contribution in [3.8, 4) is 0 Å². The van der Waals surface area contributed by atoms with Gasteiger partial charge in [-0.15, -0.1) is 11.3 Å². The molecule has 0 bridgehead atoms. The SMILES string of the molecule is CC(C)C(NS(=O)(=O)c1ccc(CO)cn1)c1cccs1. The van der Waals surface area contributed by atoms with E-state index in [0.29, 0.717) is 5.56 Å². The van der Waals surface area contributed by atoms with Gasteiger partial charge < -0.3 is 5.11 Å². The Labute approximate surface area is 128 Å². The van der Waals surface area contributed by atoms with Gasteiger partial charge in [-0.1, -0.05) is 26.0 Å². The van der Waals surface area contributed by atoms with Crippen molar-refractivity contribution in [1.82, 2.24) is 9.71 Å². The minimum Gasteiger partial charge on any atom is -0.392 e. The molecule has 1 atom stereocenters. The summed E-state index contributed by atoms with van der Waals surface area (Å²) in [5.74, 6) is 0.121. The largest absolute Gasteiger partial charge is 0.392 e. The highest BCUT2D eigenvalue weighted by Crippen LogP contribution is 2.27. The van der Waals surface area contributed by atoms with Crippen molar-refractivity contribution < 1.29 is 13.5 Å². The van der Waals surface area contributed by atoms with Crippen LogP contribution >= 0.6 is 11.3 Å². The monoisotopic (exact) mass is 326 g/mol. The number of hydrogen-bond donors (Lipinski definition) is 2. The highest BCUT2D eigenvalue weighted by atomic mass is 32.2. The molecule has 2 aromatic rings. The van der Waals surface area contributed by atoms with Crippen LogP contribution in [-0.4, -0.2) is 18.5 Å². The number of nitrogens with zero attached hydrogens (tertiary/aromatic N) is 1. The molecular weight excluding hydrogens is 308 g/mol. The molecule has 1 unspecified atom stereocenters. The first-order valence-corrected chi connectivity index (χ1v) is 8.92. The van der Waals surface area contributed by atoms with E-state index in [9.17, 15) is 8.42 Å². The van der Waals surface area contributed by atoms with Gasteiger partial charge in [0.15, 0.2) is 5.03 Å². The Morgan fingerprint density at radius 1 is 1.33 bits per heavy atom. The average Bonchev–Trinajstić information content (AvgIpc) is 2.98. The van der Waals surface area contributed by atoms with Gasteiger partial charge in [0.1, 0.15) is 0 Å². The van der Waals surface area contributed by atoms with Crippen LogP contribution in [0, 0.1) is 5.92 Å². The lowest BCUT2D eigenvalue weighted by atomic mass is 10.0. The first kappa shape index (κ1) is 16.1. The number of aliphatic hydroxyl groups excluding tert-OH is 1. The van der Waals surface area contributed by atoms with Crippen LogP contribution in [0.2, 0.25) is 0 Å². The summed E-state index contributed by atoms with van der Waals surface area (Å²) in [5.41, 5.74) is 0.576.